The van der Waals surface area contributed by atoms with Gasteiger partial charge in [0.25, 0.3) is 0 Å². The fourth-order valence-corrected chi connectivity index (χ4v) is 3.57. The zero-order chi connectivity index (χ0) is 14.7. The average Bonchev–Trinajstić information content (AvgIpc) is 3.00. The first-order valence-corrected chi connectivity index (χ1v) is 8.08. The Morgan fingerprint density at radius 1 is 1.38 bits per heavy atom. The summed E-state index contributed by atoms with van der Waals surface area (Å²) in [5, 5.41) is 3.67. The third-order valence-electron chi connectivity index (χ3n) is 4.50. The van der Waals surface area contributed by atoms with E-state index in [2.05, 4.69) is 37.4 Å². The van der Waals surface area contributed by atoms with E-state index in [1.807, 2.05) is 12.5 Å². The van der Waals surface area contributed by atoms with Crippen molar-refractivity contribution in [1.29, 1.82) is 0 Å². The number of pyridine rings is 1. The van der Waals surface area contributed by atoms with Gasteiger partial charge in [-0.2, -0.15) is 0 Å². The topological polar surface area (TPSA) is 38.1 Å². The van der Waals surface area contributed by atoms with Crippen molar-refractivity contribution in [2.24, 2.45) is 0 Å². The maximum Gasteiger partial charge on any atom is 0.108 e. The summed E-state index contributed by atoms with van der Waals surface area (Å²) in [5.74, 6) is 1.54. The largest absolute Gasteiger partial charge is 0.469 e. The lowest BCUT2D eigenvalue weighted by atomic mass is 9.79. The Kier molecular flexibility index (Phi) is 4.39. The molecule has 0 radical (unpaired) electrons. The van der Waals surface area contributed by atoms with Crippen molar-refractivity contribution in [2.75, 3.05) is 6.54 Å². The van der Waals surface area contributed by atoms with Crippen LogP contribution >= 0.6 is 0 Å². The SMILES string of the molecule is CCNC(c1ccoc1CC)C1CCCc2cccnc21. The van der Waals surface area contributed by atoms with Gasteiger partial charge >= 0.3 is 0 Å². The van der Waals surface area contributed by atoms with Gasteiger partial charge in [0.2, 0.25) is 0 Å². The van der Waals surface area contributed by atoms with Gasteiger partial charge < -0.3 is 9.73 Å². The molecule has 112 valence electrons. The minimum atomic E-state index is 0.303. The number of furan rings is 1. The minimum absolute atomic E-state index is 0.303. The van der Waals surface area contributed by atoms with Gasteiger partial charge in [-0.25, -0.2) is 0 Å². The van der Waals surface area contributed by atoms with Gasteiger partial charge in [-0.3, -0.25) is 4.98 Å². The van der Waals surface area contributed by atoms with Crippen molar-refractivity contribution in [3.05, 3.63) is 53.2 Å². The lowest BCUT2D eigenvalue weighted by molar-refractivity contribution is 0.392. The Hall–Kier alpha value is -1.61. The summed E-state index contributed by atoms with van der Waals surface area (Å²) in [5.41, 5.74) is 4.00. The lowest BCUT2D eigenvalue weighted by Gasteiger charge is -2.32. The third kappa shape index (κ3) is 2.75. The van der Waals surface area contributed by atoms with Crippen molar-refractivity contribution < 1.29 is 4.42 Å². The number of aryl methyl sites for hydroxylation is 2. The van der Waals surface area contributed by atoms with Gasteiger partial charge in [0.05, 0.1) is 6.26 Å². The van der Waals surface area contributed by atoms with Gasteiger partial charge in [0, 0.05) is 35.8 Å². The summed E-state index contributed by atoms with van der Waals surface area (Å²) >= 11 is 0. The lowest BCUT2D eigenvalue weighted by Crippen LogP contribution is -2.30. The number of rotatable bonds is 5. The van der Waals surface area contributed by atoms with Crippen molar-refractivity contribution in [3.8, 4) is 0 Å². The van der Waals surface area contributed by atoms with E-state index >= 15 is 0 Å². The summed E-state index contributed by atoms with van der Waals surface area (Å²) in [6, 6.07) is 6.72. The molecule has 3 rings (SSSR count). The van der Waals surface area contributed by atoms with Crippen LogP contribution in [-0.2, 0) is 12.8 Å². The quantitative estimate of drug-likeness (QED) is 0.901. The normalized spacial score (nSPS) is 19.2. The molecule has 1 N–H and O–H groups in total. The van der Waals surface area contributed by atoms with Crippen LogP contribution in [0.3, 0.4) is 0 Å². The zero-order valence-electron chi connectivity index (χ0n) is 12.9. The molecule has 1 aliphatic carbocycles. The van der Waals surface area contributed by atoms with E-state index in [0.29, 0.717) is 12.0 Å². The molecule has 0 saturated heterocycles. The molecule has 2 unspecified atom stereocenters. The van der Waals surface area contributed by atoms with Crippen LogP contribution in [0.25, 0.3) is 0 Å². The smallest absolute Gasteiger partial charge is 0.108 e. The van der Waals surface area contributed by atoms with E-state index in [1.165, 1.54) is 29.7 Å². The highest BCUT2D eigenvalue weighted by atomic mass is 16.3. The first-order chi connectivity index (χ1) is 10.3. The summed E-state index contributed by atoms with van der Waals surface area (Å²) in [4.78, 5) is 4.70. The molecule has 3 heteroatoms. The molecular formula is C18H24N2O. The molecule has 2 aromatic rings. The number of aromatic nitrogens is 1. The number of likely N-dealkylation sites (N-methyl/N-ethyl adjacent to an activating group) is 1. The van der Waals surface area contributed by atoms with E-state index in [1.54, 1.807) is 0 Å². The Labute approximate surface area is 126 Å². The molecule has 2 heterocycles. The Balaban J connectivity index is 1.99. The summed E-state index contributed by atoms with van der Waals surface area (Å²) < 4.78 is 5.66. The maximum absolute atomic E-state index is 5.66. The average molecular weight is 284 g/mol. The summed E-state index contributed by atoms with van der Waals surface area (Å²) in [6.45, 7) is 5.27. The molecule has 0 spiro atoms. The number of nitrogens with zero attached hydrogens (tertiary/aromatic N) is 1. The summed E-state index contributed by atoms with van der Waals surface area (Å²) in [7, 11) is 0. The molecular weight excluding hydrogens is 260 g/mol. The fourth-order valence-electron chi connectivity index (χ4n) is 3.57. The predicted molar refractivity (Wildman–Crippen MR) is 84.4 cm³/mol. The first kappa shape index (κ1) is 14.3. The van der Waals surface area contributed by atoms with Crippen LogP contribution < -0.4 is 5.32 Å². The number of hydrogen-bond donors (Lipinski definition) is 1. The molecule has 0 aliphatic heterocycles. The van der Waals surface area contributed by atoms with Crippen molar-refractivity contribution in [2.45, 2.75) is 51.5 Å². The van der Waals surface area contributed by atoms with E-state index in [9.17, 15) is 0 Å². The van der Waals surface area contributed by atoms with Gasteiger partial charge in [-0.1, -0.05) is 19.9 Å². The van der Waals surface area contributed by atoms with Crippen molar-refractivity contribution in [3.63, 3.8) is 0 Å². The van der Waals surface area contributed by atoms with E-state index < -0.39 is 0 Å². The third-order valence-corrected chi connectivity index (χ3v) is 4.50. The Morgan fingerprint density at radius 2 is 2.29 bits per heavy atom. The molecule has 2 atom stereocenters. The molecule has 1 aliphatic rings. The highest BCUT2D eigenvalue weighted by Crippen LogP contribution is 2.40. The van der Waals surface area contributed by atoms with Gasteiger partial charge in [0.15, 0.2) is 0 Å². The Morgan fingerprint density at radius 3 is 3.10 bits per heavy atom. The first-order valence-electron chi connectivity index (χ1n) is 8.08. The van der Waals surface area contributed by atoms with Crippen LogP contribution in [0.15, 0.2) is 35.1 Å². The molecule has 3 nitrogen and oxygen atoms in total. The van der Waals surface area contributed by atoms with Crippen LogP contribution in [0.2, 0.25) is 0 Å². The zero-order valence-corrected chi connectivity index (χ0v) is 12.9. The second-order valence-corrected chi connectivity index (χ2v) is 5.73. The molecule has 0 amide bonds. The van der Waals surface area contributed by atoms with Gasteiger partial charge in [-0.05, 0) is 43.5 Å². The van der Waals surface area contributed by atoms with Crippen LogP contribution in [0.1, 0.15) is 61.2 Å². The predicted octanol–water partition coefficient (Wildman–Crippen LogP) is 4.01. The molecule has 0 saturated carbocycles. The standard InChI is InChI=1S/C18H24N2O/c1-3-16-14(10-12-21-16)18(19-4-2)15-9-5-7-13-8-6-11-20-17(13)15/h6,8,10-12,15,18-19H,3-5,7,9H2,1-2H3. The second kappa shape index (κ2) is 6.44. The van der Waals surface area contributed by atoms with Gasteiger partial charge in [-0.15, -0.1) is 0 Å². The second-order valence-electron chi connectivity index (χ2n) is 5.73. The maximum atomic E-state index is 5.66. The monoisotopic (exact) mass is 284 g/mol. The molecule has 0 fully saturated rings. The molecule has 0 aromatic carbocycles. The van der Waals surface area contributed by atoms with Crippen LogP contribution in [-0.4, -0.2) is 11.5 Å². The Bertz CT molecular complexity index is 590. The highest BCUT2D eigenvalue weighted by molar-refractivity contribution is 5.32. The van der Waals surface area contributed by atoms with Crippen molar-refractivity contribution in [1.82, 2.24) is 10.3 Å². The highest BCUT2D eigenvalue weighted by Gasteiger charge is 2.31. The number of fused-ring (bicyclic) bond motifs is 1. The molecule has 2 aromatic heterocycles. The fraction of sp³-hybridized carbons (Fsp3) is 0.500. The van der Waals surface area contributed by atoms with Crippen molar-refractivity contribution >= 4 is 0 Å². The van der Waals surface area contributed by atoms with Crippen LogP contribution in [0.5, 0.6) is 0 Å². The van der Waals surface area contributed by atoms with Gasteiger partial charge in [0.1, 0.15) is 5.76 Å². The summed E-state index contributed by atoms with van der Waals surface area (Å²) in [6.07, 6.45) is 8.27. The van der Waals surface area contributed by atoms with E-state index in [0.717, 1.165) is 25.1 Å². The van der Waals surface area contributed by atoms with Crippen LogP contribution in [0, 0.1) is 0 Å². The van der Waals surface area contributed by atoms with E-state index in [-0.39, 0.29) is 0 Å². The molecule has 0 bridgehead atoms. The molecule has 21 heavy (non-hydrogen) atoms. The minimum Gasteiger partial charge on any atom is -0.469 e. The number of hydrogen-bond acceptors (Lipinski definition) is 3. The number of nitrogens with one attached hydrogen (secondary N) is 1. The van der Waals surface area contributed by atoms with E-state index in [4.69, 9.17) is 9.40 Å². The van der Waals surface area contributed by atoms with Crippen LogP contribution in [0.4, 0.5) is 0 Å².